The van der Waals surface area contributed by atoms with Crippen LogP contribution in [-0.2, 0) is 23.9 Å². The van der Waals surface area contributed by atoms with Crippen LogP contribution in [0, 0.1) is 23.7 Å². The Labute approximate surface area is 91.4 Å². The zero-order valence-electron chi connectivity index (χ0n) is 8.47. The summed E-state index contributed by atoms with van der Waals surface area (Å²) in [6.07, 6.45) is 0.590. The van der Waals surface area contributed by atoms with Gasteiger partial charge in [-0.15, -0.1) is 0 Å². The average molecular weight is 222 g/mol. The van der Waals surface area contributed by atoms with E-state index in [-0.39, 0.29) is 36.1 Å². The first-order chi connectivity index (χ1) is 7.58. The number of hydrogen-bond acceptors (Lipinski definition) is 5. The molecule has 4 unspecified atom stereocenters. The van der Waals surface area contributed by atoms with Crippen molar-refractivity contribution in [3.8, 4) is 0 Å². The third kappa shape index (κ3) is 1.08. The van der Waals surface area contributed by atoms with E-state index in [0.717, 1.165) is 0 Å². The first-order valence-corrected chi connectivity index (χ1v) is 5.23. The van der Waals surface area contributed by atoms with Crippen LogP contribution in [-0.4, -0.2) is 17.9 Å². The Morgan fingerprint density at radius 1 is 1.06 bits per heavy atom. The van der Waals surface area contributed by atoms with Crippen LogP contribution in [0.3, 0.4) is 0 Å². The molecule has 1 saturated carbocycles. The Morgan fingerprint density at radius 2 is 1.75 bits per heavy atom. The van der Waals surface area contributed by atoms with Gasteiger partial charge in [0.2, 0.25) is 0 Å². The molecular weight excluding hydrogens is 212 g/mol. The molecule has 0 aromatic rings. The molecule has 0 bridgehead atoms. The number of fused-ring (bicyclic) bond motifs is 3. The summed E-state index contributed by atoms with van der Waals surface area (Å²) in [5.41, 5.74) is 0. The van der Waals surface area contributed by atoms with Crippen LogP contribution in [0.4, 0.5) is 0 Å². The molecule has 0 spiro atoms. The number of ether oxygens (including phenoxy) is 2. The van der Waals surface area contributed by atoms with Gasteiger partial charge in [0.25, 0.3) is 0 Å². The summed E-state index contributed by atoms with van der Waals surface area (Å²) in [6.45, 7) is 3.68. The molecule has 3 aliphatic rings. The van der Waals surface area contributed by atoms with Crippen molar-refractivity contribution in [2.45, 2.75) is 12.8 Å². The van der Waals surface area contributed by atoms with Gasteiger partial charge < -0.3 is 9.47 Å². The molecule has 0 amide bonds. The highest BCUT2D eigenvalue weighted by Gasteiger charge is 2.58. The molecule has 3 rings (SSSR count). The van der Waals surface area contributed by atoms with Crippen LogP contribution in [0.1, 0.15) is 12.8 Å². The summed E-state index contributed by atoms with van der Waals surface area (Å²) in [6, 6.07) is 0. The first kappa shape index (κ1) is 9.57. The van der Waals surface area contributed by atoms with Gasteiger partial charge in [0.05, 0.1) is 18.3 Å². The Kier molecular flexibility index (Phi) is 1.75. The minimum atomic E-state index is -0.515. The third-order valence-corrected chi connectivity index (χ3v) is 3.75. The normalized spacial score (nSPS) is 41.5. The minimum absolute atomic E-state index is 0.169. The van der Waals surface area contributed by atoms with E-state index < -0.39 is 11.9 Å². The SMILES string of the molecule is C=C1OC(=O)C2CC3C(=O)OC(=O)CC3C12. The molecule has 5 nitrogen and oxygen atoms in total. The van der Waals surface area contributed by atoms with Gasteiger partial charge in [-0.1, -0.05) is 6.58 Å². The van der Waals surface area contributed by atoms with Crippen molar-refractivity contribution in [3.63, 3.8) is 0 Å². The van der Waals surface area contributed by atoms with Crippen molar-refractivity contribution in [1.82, 2.24) is 0 Å². The van der Waals surface area contributed by atoms with Crippen molar-refractivity contribution >= 4 is 17.9 Å². The zero-order valence-corrected chi connectivity index (χ0v) is 8.47. The molecule has 0 N–H and O–H groups in total. The van der Waals surface area contributed by atoms with Gasteiger partial charge in [-0.25, -0.2) is 0 Å². The molecule has 4 atom stereocenters. The summed E-state index contributed by atoms with van der Waals surface area (Å²) in [7, 11) is 0. The number of carbonyl (C=O) groups is 3. The summed E-state index contributed by atoms with van der Waals surface area (Å²) in [5.74, 6) is -1.98. The fourth-order valence-electron chi connectivity index (χ4n) is 3.08. The monoisotopic (exact) mass is 222 g/mol. The maximum absolute atomic E-state index is 11.5. The lowest BCUT2D eigenvalue weighted by Crippen LogP contribution is -2.34. The number of allylic oxidation sites excluding steroid dienone is 1. The predicted molar refractivity (Wildman–Crippen MR) is 49.5 cm³/mol. The van der Waals surface area contributed by atoms with E-state index in [2.05, 4.69) is 11.3 Å². The summed E-state index contributed by atoms with van der Waals surface area (Å²) in [4.78, 5) is 34.2. The smallest absolute Gasteiger partial charge is 0.316 e. The van der Waals surface area contributed by atoms with Crippen LogP contribution in [0.5, 0.6) is 0 Å². The quantitative estimate of drug-likeness (QED) is 0.438. The third-order valence-electron chi connectivity index (χ3n) is 3.75. The number of hydrogen-bond donors (Lipinski definition) is 0. The molecule has 2 aliphatic heterocycles. The molecule has 3 fully saturated rings. The summed E-state index contributed by atoms with van der Waals surface area (Å²) < 4.78 is 9.53. The molecule has 1 aliphatic carbocycles. The van der Waals surface area contributed by atoms with Gasteiger partial charge in [0.1, 0.15) is 5.76 Å². The fraction of sp³-hybridized carbons (Fsp3) is 0.545. The van der Waals surface area contributed by atoms with E-state index in [4.69, 9.17) is 4.74 Å². The lowest BCUT2D eigenvalue weighted by molar-refractivity contribution is -0.170. The van der Waals surface area contributed by atoms with Gasteiger partial charge in [-0.05, 0) is 12.3 Å². The minimum Gasteiger partial charge on any atom is -0.431 e. The number of cyclic esters (lactones) is 3. The number of esters is 3. The Hall–Kier alpha value is -1.65. The van der Waals surface area contributed by atoms with Gasteiger partial charge in [-0.2, -0.15) is 0 Å². The van der Waals surface area contributed by atoms with Crippen molar-refractivity contribution in [2.75, 3.05) is 0 Å². The maximum Gasteiger partial charge on any atom is 0.316 e. The van der Waals surface area contributed by atoms with Crippen molar-refractivity contribution in [1.29, 1.82) is 0 Å². The number of carbonyl (C=O) groups excluding carboxylic acids is 3. The van der Waals surface area contributed by atoms with Crippen LogP contribution in [0.2, 0.25) is 0 Å². The van der Waals surface area contributed by atoms with Crippen molar-refractivity contribution < 1.29 is 23.9 Å². The van der Waals surface area contributed by atoms with Crippen molar-refractivity contribution in [2.24, 2.45) is 23.7 Å². The second kappa shape index (κ2) is 2.93. The molecule has 16 heavy (non-hydrogen) atoms. The van der Waals surface area contributed by atoms with E-state index in [0.29, 0.717) is 12.2 Å². The molecule has 84 valence electrons. The van der Waals surface area contributed by atoms with E-state index >= 15 is 0 Å². The lowest BCUT2D eigenvalue weighted by atomic mass is 9.83. The summed E-state index contributed by atoms with van der Waals surface area (Å²) in [5, 5.41) is 0. The Morgan fingerprint density at radius 3 is 2.50 bits per heavy atom. The highest BCUT2D eigenvalue weighted by Crippen LogP contribution is 2.52. The van der Waals surface area contributed by atoms with Crippen LogP contribution >= 0.6 is 0 Å². The largest absolute Gasteiger partial charge is 0.431 e. The van der Waals surface area contributed by atoms with Gasteiger partial charge >= 0.3 is 17.9 Å². The number of rotatable bonds is 0. The molecule has 2 saturated heterocycles. The topological polar surface area (TPSA) is 69.7 Å². The van der Waals surface area contributed by atoms with E-state index in [1.54, 1.807) is 0 Å². The second-order valence-electron chi connectivity index (χ2n) is 4.52. The van der Waals surface area contributed by atoms with Gasteiger partial charge in [0, 0.05) is 5.92 Å². The average Bonchev–Trinajstić information content (AvgIpc) is 2.67. The second-order valence-corrected chi connectivity index (χ2v) is 4.52. The highest BCUT2D eigenvalue weighted by molar-refractivity contribution is 5.92. The van der Waals surface area contributed by atoms with Gasteiger partial charge in [-0.3, -0.25) is 14.4 Å². The van der Waals surface area contributed by atoms with E-state index in [9.17, 15) is 14.4 Å². The molecule has 0 aromatic heterocycles. The first-order valence-electron chi connectivity index (χ1n) is 5.23. The zero-order chi connectivity index (χ0) is 11.4. The molecular formula is C11H10O5. The Balaban J connectivity index is 1.97. The van der Waals surface area contributed by atoms with Crippen molar-refractivity contribution in [3.05, 3.63) is 12.3 Å². The van der Waals surface area contributed by atoms with E-state index in [1.807, 2.05) is 0 Å². The molecule has 5 heteroatoms. The predicted octanol–water partition coefficient (Wildman–Crippen LogP) is 0.399. The molecule has 2 heterocycles. The Bertz CT molecular complexity index is 418. The van der Waals surface area contributed by atoms with E-state index in [1.165, 1.54) is 0 Å². The summed E-state index contributed by atoms with van der Waals surface area (Å²) >= 11 is 0. The standard InChI is InChI=1S/C11H10O5/c1-4-9-5-3-8(12)16-10(13)6(5)2-7(9)11(14)15-4/h5-7,9H,1-3H2. The lowest BCUT2D eigenvalue weighted by Gasteiger charge is -2.25. The molecule has 0 aromatic carbocycles. The maximum atomic E-state index is 11.5. The van der Waals surface area contributed by atoms with Gasteiger partial charge in [0.15, 0.2) is 0 Å². The fourth-order valence-corrected chi connectivity index (χ4v) is 3.08. The van der Waals surface area contributed by atoms with Crippen LogP contribution < -0.4 is 0 Å². The van der Waals surface area contributed by atoms with Crippen LogP contribution in [0.25, 0.3) is 0 Å². The van der Waals surface area contributed by atoms with Crippen LogP contribution in [0.15, 0.2) is 12.3 Å². The molecule has 0 radical (unpaired) electrons. The highest BCUT2D eigenvalue weighted by atomic mass is 16.6.